The summed E-state index contributed by atoms with van der Waals surface area (Å²) in [5, 5.41) is 8.82. The fourth-order valence-electron chi connectivity index (χ4n) is 1.15. The maximum Gasteiger partial charge on any atom is 0.335 e. The lowest BCUT2D eigenvalue weighted by Crippen LogP contribution is -1.97. The van der Waals surface area contributed by atoms with Gasteiger partial charge < -0.3 is 9.84 Å². The highest BCUT2D eigenvalue weighted by atomic mass is 127. The largest absolute Gasteiger partial charge is 0.478 e. The van der Waals surface area contributed by atoms with Crippen LogP contribution in [0.2, 0.25) is 0 Å². The Kier molecular flexibility index (Phi) is 3.52. The second kappa shape index (κ2) is 5.09. The molecule has 1 aromatic heterocycles. The standard InChI is InChI=1S/C11H7IN2O3/c12-8-5-13-11(14-6-8)17-9-3-1-2-7(4-9)10(15)16/h1-6H,(H,15,16). The van der Waals surface area contributed by atoms with E-state index < -0.39 is 5.97 Å². The number of rotatable bonds is 3. The minimum atomic E-state index is -1.00. The number of halogens is 1. The predicted molar refractivity (Wildman–Crippen MR) is 68.2 cm³/mol. The number of ether oxygens (including phenoxy) is 1. The van der Waals surface area contributed by atoms with Gasteiger partial charge in [0.15, 0.2) is 0 Å². The number of hydrogen-bond acceptors (Lipinski definition) is 4. The van der Waals surface area contributed by atoms with Gasteiger partial charge in [0.1, 0.15) is 5.75 Å². The number of carboxylic acid groups (broad SMARTS) is 1. The Morgan fingerprint density at radius 1 is 1.29 bits per heavy atom. The molecule has 0 atom stereocenters. The lowest BCUT2D eigenvalue weighted by molar-refractivity contribution is 0.0696. The molecule has 0 spiro atoms. The van der Waals surface area contributed by atoms with E-state index in [1.54, 1.807) is 24.5 Å². The monoisotopic (exact) mass is 342 g/mol. The van der Waals surface area contributed by atoms with Crippen LogP contribution in [-0.2, 0) is 0 Å². The zero-order valence-electron chi connectivity index (χ0n) is 8.50. The summed E-state index contributed by atoms with van der Waals surface area (Å²) in [7, 11) is 0. The third kappa shape index (κ3) is 3.13. The molecule has 0 saturated carbocycles. The molecule has 0 amide bonds. The topological polar surface area (TPSA) is 72.3 Å². The SMILES string of the molecule is O=C(O)c1cccc(Oc2ncc(I)cn2)c1. The van der Waals surface area contributed by atoms with Gasteiger partial charge in [0.25, 0.3) is 0 Å². The Hall–Kier alpha value is -1.70. The molecule has 1 aromatic carbocycles. The van der Waals surface area contributed by atoms with Gasteiger partial charge in [0.2, 0.25) is 0 Å². The number of aromatic nitrogens is 2. The summed E-state index contributed by atoms with van der Waals surface area (Å²) in [6.45, 7) is 0. The van der Waals surface area contributed by atoms with Crippen molar-refractivity contribution in [3.05, 3.63) is 45.8 Å². The normalized spacial score (nSPS) is 9.94. The first kappa shape index (κ1) is 11.8. The van der Waals surface area contributed by atoms with E-state index in [-0.39, 0.29) is 11.6 Å². The molecule has 0 saturated heterocycles. The van der Waals surface area contributed by atoms with Gasteiger partial charge in [-0.25, -0.2) is 14.8 Å². The van der Waals surface area contributed by atoms with Crippen molar-refractivity contribution in [2.45, 2.75) is 0 Å². The van der Waals surface area contributed by atoms with Crippen LogP contribution in [0.1, 0.15) is 10.4 Å². The van der Waals surface area contributed by atoms with E-state index in [1.165, 1.54) is 12.1 Å². The van der Waals surface area contributed by atoms with Gasteiger partial charge in [0.05, 0.1) is 5.56 Å². The van der Waals surface area contributed by atoms with E-state index in [1.807, 2.05) is 0 Å². The molecule has 0 fully saturated rings. The molecule has 6 heteroatoms. The maximum atomic E-state index is 10.8. The summed E-state index contributed by atoms with van der Waals surface area (Å²) in [5.74, 6) is -0.606. The third-order valence-corrected chi connectivity index (χ3v) is 2.44. The van der Waals surface area contributed by atoms with Crippen molar-refractivity contribution in [1.29, 1.82) is 0 Å². The van der Waals surface area contributed by atoms with Crippen LogP contribution in [0.5, 0.6) is 11.8 Å². The molecule has 0 bridgehead atoms. The summed E-state index contributed by atoms with van der Waals surface area (Å²) in [4.78, 5) is 18.7. The van der Waals surface area contributed by atoms with Crippen molar-refractivity contribution in [3.63, 3.8) is 0 Å². The van der Waals surface area contributed by atoms with Gasteiger partial charge in [-0.15, -0.1) is 0 Å². The zero-order valence-corrected chi connectivity index (χ0v) is 10.7. The lowest BCUT2D eigenvalue weighted by Gasteiger charge is -2.03. The van der Waals surface area contributed by atoms with Crippen molar-refractivity contribution in [2.24, 2.45) is 0 Å². The molecule has 0 radical (unpaired) electrons. The molecule has 0 unspecified atom stereocenters. The van der Waals surface area contributed by atoms with E-state index in [9.17, 15) is 4.79 Å². The first-order valence-corrected chi connectivity index (χ1v) is 5.72. The van der Waals surface area contributed by atoms with Crippen molar-refractivity contribution in [3.8, 4) is 11.8 Å². The molecule has 1 N–H and O–H groups in total. The highest BCUT2D eigenvalue weighted by Crippen LogP contribution is 2.19. The predicted octanol–water partition coefficient (Wildman–Crippen LogP) is 2.57. The van der Waals surface area contributed by atoms with Crippen LogP contribution < -0.4 is 4.74 Å². The summed E-state index contributed by atoms with van der Waals surface area (Å²) in [5.41, 5.74) is 0.160. The average molecular weight is 342 g/mol. The maximum absolute atomic E-state index is 10.8. The van der Waals surface area contributed by atoms with Gasteiger partial charge in [-0.05, 0) is 40.8 Å². The minimum Gasteiger partial charge on any atom is -0.478 e. The summed E-state index contributed by atoms with van der Waals surface area (Å²) < 4.78 is 6.23. The van der Waals surface area contributed by atoms with Crippen LogP contribution in [0.4, 0.5) is 0 Å². The molecule has 2 rings (SSSR count). The fraction of sp³-hybridized carbons (Fsp3) is 0. The number of hydrogen-bond donors (Lipinski definition) is 1. The second-order valence-corrected chi connectivity index (χ2v) is 4.36. The van der Waals surface area contributed by atoms with Gasteiger partial charge in [-0.1, -0.05) is 6.07 Å². The van der Waals surface area contributed by atoms with Crippen LogP contribution in [-0.4, -0.2) is 21.0 Å². The molecule has 2 aromatic rings. The average Bonchev–Trinajstić information content (AvgIpc) is 2.32. The molecule has 86 valence electrons. The quantitative estimate of drug-likeness (QED) is 0.868. The Labute approximate surface area is 111 Å². The van der Waals surface area contributed by atoms with E-state index in [4.69, 9.17) is 9.84 Å². The first-order valence-electron chi connectivity index (χ1n) is 4.64. The summed E-state index contributed by atoms with van der Waals surface area (Å²) in [6.07, 6.45) is 3.23. The number of carboxylic acids is 1. The molecule has 1 heterocycles. The number of carbonyl (C=O) groups is 1. The van der Waals surface area contributed by atoms with Gasteiger partial charge >= 0.3 is 12.0 Å². The second-order valence-electron chi connectivity index (χ2n) is 3.12. The number of aromatic carboxylic acids is 1. The molecule has 5 nitrogen and oxygen atoms in total. The number of nitrogens with zero attached hydrogens (tertiary/aromatic N) is 2. The van der Waals surface area contributed by atoms with Crippen molar-refractivity contribution >= 4 is 28.6 Å². The van der Waals surface area contributed by atoms with Crippen LogP contribution >= 0.6 is 22.6 Å². The highest BCUT2D eigenvalue weighted by molar-refractivity contribution is 14.1. The third-order valence-electron chi connectivity index (χ3n) is 1.89. The van der Waals surface area contributed by atoms with Crippen molar-refractivity contribution in [1.82, 2.24) is 9.97 Å². The Morgan fingerprint density at radius 2 is 2.00 bits per heavy atom. The molecule has 0 aliphatic heterocycles. The number of benzene rings is 1. The van der Waals surface area contributed by atoms with Gasteiger partial charge in [-0.2, -0.15) is 0 Å². The van der Waals surface area contributed by atoms with Crippen LogP contribution in [0, 0.1) is 3.57 Å². The van der Waals surface area contributed by atoms with E-state index in [0.29, 0.717) is 5.75 Å². The van der Waals surface area contributed by atoms with Crippen molar-refractivity contribution in [2.75, 3.05) is 0 Å². The first-order chi connectivity index (χ1) is 8.15. The Balaban J connectivity index is 2.21. The molecule has 0 aliphatic carbocycles. The van der Waals surface area contributed by atoms with E-state index in [0.717, 1.165) is 3.57 Å². The van der Waals surface area contributed by atoms with Gasteiger partial charge in [-0.3, -0.25) is 0 Å². The Morgan fingerprint density at radius 3 is 2.65 bits per heavy atom. The summed E-state index contributed by atoms with van der Waals surface area (Å²) in [6, 6.07) is 6.35. The van der Waals surface area contributed by atoms with Crippen LogP contribution in [0.25, 0.3) is 0 Å². The fourth-order valence-corrected chi connectivity index (χ4v) is 1.43. The molecule has 0 aliphatic rings. The zero-order chi connectivity index (χ0) is 12.3. The smallest absolute Gasteiger partial charge is 0.335 e. The van der Waals surface area contributed by atoms with E-state index >= 15 is 0 Å². The molecule has 17 heavy (non-hydrogen) atoms. The molecular formula is C11H7IN2O3. The van der Waals surface area contributed by atoms with Gasteiger partial charge in [0, 0.05) is 16.0 Å². The van der Waals surface area contributed by atoms with E-state index in [2.05, 4.69) is 32.6 Å². The summed E-state index contributed by atoms with van der Waals surface area (Å²) >= 11 is 2.08. The highest BCUT2D eigenvalue weighted by Gasteiger charge is 2.05. The minimum absolute atomic E-state index is 0.160. The lowest BCUT2D eigenvalue weighted by atomic mass is 10.2. The van der Waals surface area contributed by atoms with Crippen LogP contribution in [0.15, 0.2) is 36.7 Å². The van der Waals surface area contributed by atoms with Crippen LogP contribution in [0.3, 0.4) is 0 Å². The molecular weight excluding hydrogens is 335 g/mol. The Bertz CT molecular complexity index is 543. The van der Waals surface area contributed by atoms with Crippen molar-refractivity contribution < 1.29 is 14.6 Å².